The van der Waals surface area contributed by atoms with Crippen LogP contribution in [0, 0.1) is 17.1 Å². The molecule has 0 fully saturated rings. The van der Waals surface area contributed by atoms with Gasteiger partial charge in [-0.3, -0.25) is 0 Å². The third kappa shape index (κ3) is 4.81. The van der Waals surface area contributed by atoms with Crippen LogP contribution in [0.4, 0.5) is 17.6 Å². The van der Waals surface area contributed by atoms with Crippen molar-refractivity contribution < 1.29 is 22.3 Å². The van der Waals surface area contributed by atoms with Crippen molar-refractivity contribution >= 4 is 11.6 Å². The highest BCUT2D eigenvalue weighted by Crippen LogP contribution is 2.38. The van der Waals surface area contributed by atoms with Crippen LogP contribution < -0.4 is 4.74 Å². The Bertz CT molecular complexity index is 1350. The molecule has 0 bridgehead atoms. The van der Waals surface area contributed by atoms with Crippen LogP contribution in [0.5, 0.6) is 11.5 Å². The largest absolute Gasteiger partial charge is 0.457 e. The minimum absolute atomic E-state index is 0.0495. The Balaban J connectivity index is 1.77. The van der Waals surface area contributed by atoms with E-state index in [1.54, 1.807) is 36.4 Å². The number of alkyl halides is 3. The van der Waals surface area contributed by atoms with Gasteiger partial charge in [-0.25, -0.2) is 9.37 Å². The highest BCUT2D eigenvalue weighted by molar-refractivity contribution is 6.30. The third-order valence-corrected chi connectivity index (χ3v) is 5.07. The van der Waals surface area contributed by atoms with Gasteiger partial charge in [-0.15, -0.1) is 0 Å². The number of hydrogen-bond acceptors (Lipinski definition) is 3. The molecule has 0 aliphatic carbocycles. The molecule has 4 rings (SSSR count). The summed E-state index contributed by atoms with van der Waals surface area (Å²) in [6.07, 6.45) is -4.74. The number of nitriles is 1. The number of nitrogens with zero attached hydrogens (tertiary/aromatic N) is 2. The molecule has 0 aliphatic rings. The van der Waals surface area contributed by atoms with Crippen molar-refractivity contribution in [1.29, 1.82) is 5.26 Å². The molecule has 0 amide bonds. The van der Waals surface area contributed by atoms with Crippen LogP contribution in [0.3, 0.4) is 0 Å². The van der Waals surface area contributed by atoms with Crippen LogP contribution in [-0.2, 0) is 6.18 Å². The van der Waals surface area contributed by atoms with Crippen LogP contribution >= 0.6 is 11.6 Å². The normalized spacial score (nSPS) is 11.2. The molecule has 8 heteroatoms. The molecule has 0 N–H and O–H groups in total. The highest BCUT2D eigenvalue weighted by atomic mass is 35.5. The van der Waals surface area contributed by atoms with Gasteiger partial charge in [0, 0.05) is 17.2 Å². The zero-order valence-corrected chi connectivity index (χ0v) is 17.5. The van der Waals surface area contributed by atoms with E-state index in [9.17, 15) is 22.8 Å². The Morgan fingerprint density at radius 2 is 1.52 bits per heavy atom. The average molecular weight is 469 g/mol. The van der Waals surface area contributed by atoms with Gasteiger partial charge in [-0.1, -0.05) is 41.9 Å². The fourth-order valence-electron chi connectivity index (χ4n) is 3.20. The Hall–Kier alpha value is -3.89. The first-order valence-electron chi connectivity index (χ1n) is 9.57. The van der Waals surface area contributed by atoms with Crippen molar-refractivity contribution in [3.05, 3.63) is 101 Å². The second kappa shape index (κ2) is 8.93. The molecule has 0 unspecified atom stereocenters. The van der Waals surface area contributed by atoms with E-state index in [2.05, 4.69) is 4.98 Å². The lowest BCUT2D eigenvalue weighted by atomic mass is 9.98. The molecule has 0 radical (unpaired) electrons. The summed E-state index contributed by atoms with van der Waals surface area (Å²) in [4.78, 5) is 4.37. The maximum absolute atomic E-state index is 13.8. The third-order valence-electron chi connectivity index (χ3n) is 4.76. The zero-order chi connectivity index (χ0) is 23.6. The van der Waals surface area contributed by atoms with Crippen LogP contribution in [0.2, 0.25) is 5.02 Å². The van der Waals surface area contributed by atoms with Gasteiger partial charge in [-0.2, -0.15) is 18.4 Å². The topological polar surface area (TPSA) is 45.9 Å². The van der Waals surface area contributed by atoms with Gasteiger partial charge in [0.1, 0.15) is 23.4 Å². The van der Waals surface area contributed by atoms with E-state index >= 15 is 0 Å². The van der Waals surface area contributed by atoms with E-state index in [1.165, 1.54) is 36.4 Å². The number of benzene rings is 3. The molecule has 164 valence electrons. The van der Waals surface area contributed by atoms with Gasteiger partial charge in [-0.05, 0) is 42.5 Å². The molecule has 3 nitrogen and oxygen atoms in total. The predicted molar refractivity (Wildman–Crippen MR) is 116 cm³/mol. The number of ether oxygens (including phenoxy) is 1. The summed E-state index contributed by atoms with van der Waals surface area (Å²) in [7, 11) is 0. The Morgan fingerprint density at radius 1 is 0.848 bits per heavy atom. The molecule has 33 heavy (non-hydrogen) atoms. The fraction of sp³-hybridized carbons (Fsp3) is 0.0400. The Labute approximate surface area is 191 Å². The molecule has 4 aromatic rings. The summed E-state index contributed by atoms with van der Waals surface area (Å²) in [5.74, 6) is -0.133. The molecule has 3 aromatic carbocycles. The van der Waals surface area contributed by atoms with E-state index in [-0.39, 0.29) is 22.2 Å². The number of halogens is 5. The standard InChI is InChI=1S/C25H13ClF4N2O/c26-21-11-10-18(12-22(21)27)33-17-8-6-16(7-9-17)24-19(14-31)20(25(28,29)30)13-23(32-24)15-4-2-1-3-5-15/h1-13H. The molecule has 1 aromatic heterocycles. The van der Waals surface area contributed by atoms with Gasteiger partial charge in [0.15, 0.2) is 0 Å². The molecule has 0 saturated heterocycles. The van der Waals surface area contributed by atoms with Gasteiger partial charge in [0.05, 0.1) is 27.5 Å². The molecule has 0 spiro atoms. The van der Waals surface area contributed by atoms with Crippen molar-refractivity contribution in [1.82, 2.24) is 4.98 Å². The minimum Gasteiger partial charge on any atom is -0.457 e. The van der Waals surface area contributed by atoms with Crippen LogP contribution in [0.25, 0.3) is 22.5 Å². The lowest BCUT2D eigenvalue weighted by Gasteiger charge is -2.15. The van der Waals surface area contributed by atoms with E-state index in [0.717, 1.165) is 12.1 Å². The van der Waals surface area contributed by atoms with Crippen LogP contribution in [0.1, 0.15) is 11.1 Å². The second-order valence-electron chi connectivity index (χ2n) is 6.96. The summed E-state index contributed by atoms with van der Waals surface area (Å²) in [5, 5.41) is 9.47. The maximum atomic E-state index is 13.8. The van der Waals surface area contributed by atoms with Gasteiger partial charge >= 0.3 is 6.18 Å². The van der Waals surface area contributed by atoms with Gasteiger partial charge in [0.25, 0.3) is 0 Å². The molecule has 0 aliphatic heterocycles. The summed E-state index contributed by atoms with van der Waals surface area (Å²) in [6.45, 7) is 0. The second-order valence-corrected chi connectivity index (χ2v) is 7.36. The van der Waals surface area contributed by atoms with Crippen molar-refractivity contribution in [2.45, 2.75) is 6.18 Å². The lowest BCUT2D eigenvalue weighted by molar-refractivity contribution is -0.137. The summed E-state index contributed by atoms with van der Waals surface area (Å²) in [6, 6.07) is 20.8. The molecule has 0 atom stereocenters. The number of rotatable bonds is 4. The fourth-order valence-corrected chi connectivity index (χ4v) is 3.32. The lowest BCUT2D eigenvalue weighted by Crippen LogP contribution is -2.10. The number of hydrogen-bond donors (Lipinski definition) is 0. The van der Waals surface area contributed by atoms with Crippen molar-refractivity contribution in [3.8, 4) is 40.1 Å². The quantitative estimate of drug-likeness (QED) is 0.286. The summed E-state index contributed by atoms with van der Waals surface area (Å²) in [5.41, 5.74) is -0.867. The Kier molecular flexibility index (Phi) is 6.03. The first-order chi connectivity index (χ1) is 15.8. The van der Waals surface area contributed by atoms with E-state index in [0.29, 0.717) is 16.9 Å². The highest BCUT2D eigenvalue weighted by Gasteiger charge is 2.36. The monoisotopic (exact) mass is 468 g/mol. The average Bonchev–Trinajstić information content (AvgIpc) is 2.81. The maximum Gasteiger partial charge on any atom is 0.417 e. The SMILES string of the molecule is N#Cc1c(C(F)(F)F)cc(-c2ccccc2)nc1-c1ccc(Oc2ccc(Cl)c(F)c2)cc1. The zero-order valence-electron chi connectivity index (χ0n) is 16.7. The molecular weight excluding hydrogens is 456 g/mol. The molecule has 0 saturated carbocycles. The van der Waals surface area contributed by atoms with Crippen molar-refractivity contribution in [2.24, 2.45) is 0 Å². The van der Waals surface area contributed by atoms with E-state index in [4.69, 9.17) is 16.3 Å². The minimum atomic E-state index is -4.74. The molecule has 1 heterocycles. The summed E-state index contributed by atoms with van der Waals surface area (Å²) < 4.78 is 60.5. The van der Waals surface area contributed by atoms with Gasteiger partial charge in [0.2, 0.25) is 0 Å². The first-order valence-corrected chi connectivity index (χ1v) is 9.95. The van der Waals surface area contributed by atoms with Crippen molar-refractivity contribution in [3.63, 3.8) is 0 Å². The molecular formula is C25H13ClF4N2O. The van der Waals surface area contributed by atoms with E-state index < -0.39 is 23.1 Å². The van der Waals surface area contributed by atoms with Crippen LogP contribution in [-0.4, -0.2) is 4.98 Å². The van der Waals surface area contributed by atoms with Crippen LogP contribution in [0.15, 0.2) is 78.9 Å². The Morgan fingerprint density at radius 3 is 2.12 bits per heavy atom. The first kappa shape index (κ1) is 22.3. The van der Waals surface area contributed by atoms with Gasteiger partial charge < -0.3 is 4.74 Å². The number of pyridine rings is 1. The predicted octanol–water partition coefficient (Wildman–Crippen LogP) is 7.89. The summed E-state index contributed by atoms with van der Waals surface area (Å²) >= 11 is 5.66. The number of aromatic nitrogens is 1. The van der Waals surface area contributed by atoms with E-state index in [1.807, 2.05) is 0 Å². The smallest absolute Gasteiger partial charge is 0.417 e. The van der Waals surface area contributed by atoms with Crippen molar-refractivity contribution in [2.75, 3.05) is 0 Å².